The van der Waals surface area contributed by atoms with E-state index in [4.69, 9.17) is 10.8 Å². The van der Waals surface area contributed by atoms with Gasteiger partial charge in [0.25, 0.3) is 5.91 Å². The molecule has 0 aliphatic heterocycles. The predicted octanol–water partition coefficient (Wildman–Crippen LogP) is 0.00350. The number of nitrogens with one attached hydrogen (secondary N) is 1. The molecule has 1 aromatic heterocycles. The van der Waals surface area contributed by atoms with E-state index in [1.165, 1.54) is 6.20 Å². The highest BCUT2D eigenvalue weighted by molar-refractivity contribution is 5.92. The SMILES string of the molecule is NC(CCCNC(=O)c1ccccn1)C(=O)O. The summed E-state index contributed by atoms with van der Waals surface area (Å²) in [7, 11) is 0. The lowest BCUT2D eigenvalue weighted by Gasteiger charge is -2.07. The highest BCUT2D eigenvalue weighted by Crippen LogP contribution is 1.95. The summed E-state index contributed by atoms with van der Waals surface area (Å²) in [4.78, 5) is 25.8. The van der Waals surface area contributed by atoms with Crippen LogP contribution in [-0.2, 0) is 4.79 Å². The van der Waals surface area contributed by atoms with Crippen molar-refractivity contribution in [2.24, 2.45) is 5.73 Å². The standard InChI is InChI=1S/C11H15N3O3/c12-8(11(16)17)4-3-7-14-10(15)9-5-1-2-6-13-9/h1-2,5-6,8H,3-4,7,12H2,(H,14,15)(H,16,17). The van der Waals surface area contributed by atoms with Gasteiger partial charge in [0.1, 0.15) is 11.7 Å². The van der Waals surface area contributed by atoms with Gasteiger partial charge in [0.15, 0.2) is 0 Å². The van der Waals surface area contributed by atoms with Crippen molar-refractivity contribution in [3.05, 3.63) is 30.1 Å². The van der Waals surface area contributed by atoms with Crippen LogP contribution >= 0.6 is 0 Å². The number of aromatic nitrogens is 1. The van der Waals surface area contributed by atoms with Crippen LogP contribution in [0.4, 0.5) is 0 Å². The summed E-state index contributed by atoms with van der Waals surface area (Å²) in [6.45, 7) is 0.385. The second-order valence-electron chi connectivity index (χ2n) is 3.56. The Morgan fingerprint density at radius 3 is 2.82 bits per heavy atom. The lowest BCUT2D eigenvalue weighted by atomic mass is 10.2. The fourth-order valence-corrected chi connectivity index (χ4v) is 1.24. The third-order valence-corrected chi connectivity index (χ3v) is 2.19. The molecule has 0 aliphatic rings. The zero-order valence-electron chi connectivity index (χ0n) is 9.30. The van der Waals surface area contributed by atoms with Gasteiger partial charge in [-0.3, -0.25) is 14.6 Å². The van der Waals surface area contributed by atoms with E-state index in [0.29, 0.717) is 25.1 Å². The Balaban J connectivity index is 2.24. The summed E-state index contributed by atoms with van der Waals surface area (Å²) in [5.74, 6) is -1.30. The van der Waals surface area contributed by atoms with Gasteiger partial charge in [-0.05, 0) is 25.0 Å². The summed E-state index contributed by atoms with van der Waals surface area (Å²) < 4.78 is 0. The zero-order chi connectivity index (χ0) is 12.7. The summed E-state index contributed by atoms with van der Waals surface area (Å²) >= 11 is 0. The number of nitrogens with two attached hydrogens (primary N) is 1. The minimum Gasteiger partial charge on any atom is -0.480 e. The van der Waals surface area contributed by atoms with Crippen molar-refractivity contribution in [2.45, 2.75) is 18.9 Å². The van der Waals surface area contributed by atoms with Crippen molar-refractivity contribution in [2.75, 3.05) is 6.54 Å². The molecule has 0 saturated heterocycles. The van der Waals surface area contributed by atoms with Crippen LogP contribution in [0.3, 0.4) is 0 Å². The number of rotatable bonds is 6. The fourth-order valence-electron chi connectivity index (χ4n) is 1.24. The second-order valence-corrected chi connectivity index (χ2v) is 3.56. The average molecular weight is 237 g/mol. The molecular formula is C11H15N3O3. The van der Waals surface area contributed by atoms with E-state index in [9.17, 15) is 9.59 Å². The van der Waals surface area contributed by atoms with Crippen LogP contribution < -0.4 is 11.1 Å². The summed E-state index contributed by atoms with van der Waals surface area (Å²) in [6, 6.07) is 4.19. The Bertz CT molecular complexity index is 381. The lowest BCUT2D eigenvalue weighted by Crippen LogP contribution is -2.32. The number of nitrogens with zero attached hydrogens (tertiary/aromatic N) is 1. The van der Waals surface area contributed by atoms with Crippen molar-refractivity contribution in [3.8, 4) is 0 Å². The molecule has 4 N–H and O–H groups in total. The molecule has 0 bridgehead atoms. The van der Waals surface area contributed by atoms with Gasteiger partial charge >= 0.3 is 5.97 Å². The average Bonchev–Trinajstić information content (AvgIpc) is 2.35. The van der Waals surface area contributed by atoms with Crippen LogP contribution in [0.2, 0.25) is 0 Å². The van der Waals surface area contributed by atoms with E-state index in [0.717, 1.165) is 0 Å². The molecule has 0 spiro atoms. The number of carboxylic acids is 1. The largest absolute Gasteiger partial charge is 0.480 e. The highest BCUT2D eigenvalue weighted by atomic mass is 16.4. The van der Waals surface area contributed by atoms with Gasteiger partial charge in [0, 0.05) is 12.7 Å². The van der Waals surface area contributed by atoms with Gasteiger partial charge in [-0.1, -0.05) is 6.07 Å². The molecule has 17 heavy (non-hydrogen) atoms. The molecule has 1 aromatic rings. The quantitative estimate of drug-likeness (QED) is 0.604. The van der Waals surface area contributed by atoms with E-state index in [1.807, 2.05) is 0 Å². The number of carbonyl (C=O) groups is 2. The second kappa shape index (κ2) is 6.59. The fraction of sp³-hybridized carbons (Fsp3) is 0.364. The number of hydrogen-bond acceptors (Lipinski definition) is 4. The van der Waals surface area contributed by atoms with Crippen LogP contribution in [0.1, 0.15) is 23.3 Å². The van der Waals surface area contributed by atoms with Crippen LogP contribution in [0.15, 0.2) is 24.4 Å². The van der Waals surface area contributed by atoms with Crippen LogP contribution in [0, 0.1) is 0 Å². The van der Waals surface area contributed by atoms with Gasteiger partial charge in [0.2, 0.25) is 0 Å². The third kappa shape index (κ3) is 4.60. The van der Waals surface area contributed by atoms with Gasteiger partial charge in [-0.2, -0.15) is 0 Å². The topological polar surface area (TPSA) is 105 Å². The van der Waals surface area contributed by atoms with Gasteiger partial charge in [-0.15, -0.1) is 0 Å². The maximum Gasteiger partial charge on any atom is 0.320 e. The zero-order valence-corrected chi connectivity index (χ0v) is 9.30. The minimum absolute atomic E-state index is 0.269. The van der Waals surface area contributed by atoms with E-state index in [1.54, 1.807) is 18.2 Å². The van der Waals surface area contributed by atoms with Crippen LogP contribution in [0.25, 0.3) is 0 Å². The molecule has 0 saturated carbocycles. The van der Waals surface area contributed by atoms with Crippen molar-refractivity contribution < 1.29 is 14.7 Å². The monoisotopic (exact) mass is 237 g/mol. The Morgan fingerprint density at radius 1 is 1.47 bits per heavy atom. The molecule has 92 valence electrons. The Hall–Kier alpha value is -1.95. The first-order valence-electron chi connectivity index (χ1n) is 5.29. The molecule has 1 heterocycles. The van der Waals surface area contributed by atoms with Crippen molar-refractivity contribution in [1.29, 1.82) is 0 Å². The maximum atomic E-state index is 11.5. The maximum absolute atomic E-state index is 11.5. The van der Waals surface area contributed by atoms with Crippen molar-refractivity contribution in [1.82, 2.24) is 10.3 Å². The van der Waals surface area contributed by atoms with Gasteiger partial charge < -0.3 is 16.2 Å². The minimum atomic E-state index is -1.03. The molecule has 1 amide bonds. The Morgan fingerprint density at radius 2 is 2.24 bits per heavy atom. The van der Waals surface area contributed by atoms with Crippen LogP contribution in [0.5, 0.6) is 0 Å². The number of carbonyl (C=O) groups excluding carboxylic acids is 1. The van der Waals surface area contributed by atoms with E-state index in [2.05, 4.69) is 10.3 Å². The van der Waals surface area contributed by atoms with Gasteiger partial charge in [-0.25, -0.2) is 0 Å². The molecule has 1 unspecified atom stereocenters. The number of hydrogen-bond donors (Lipinski definition) is 3. The first kappa shape index (κ1) is 13.1. The molecule has 1 rings (SSSR count). The normalized spacial score (nSPS) is 11.8. The summed E-state index contributed by atoms with van der Waals surface area (Å²) in [5.41, 5.74) is 5.66. The molecular weight excluding hydrogens is 222 g/mol. The lowest BCUT2D eigenvalue weighted by molar-refractivity contribution is -0.138. The summed E-state index contributed by atoms with van der Waals surface area (Å²) in [6.07, 6.45) is 2.39. The molecule has 0 aliphatic carbocycles. The van der Waals surface area contributed by atoms with Crippen molar-refractivity contribution >= 4 is 11.9 Å². The third-order valence-electron chi connectivity index (χ3n) is 2.19. The van der Waals surface area contributed by atoms with E-state index >= 15 is 0 Å². The van der Waals surface area contributed by atoms with Gasteiger partial charge in [0.05, 0.1) is 0 Å². The summed E-state index contributed by atoms with van der Waals surface area (Å²) in [5, 5.41) is 11.2. The Labute approximate surface area is 98.8 Å². The highest BCUT2D eigenvalue weighted by Gasteiger charge is 2.11. The number of aliphatic carboxylic acids is 1. The molecule has 0 fully saturated rings. The van der Waals surface area contributed by atoms with Crippen molar-refractivity contribution in [3.63, 3.8) is 0 Å². The Kier molecular flexibility index (Phi) is 5.09. The number of pyridine rings is 1. The first-order valence-corrected chi connectivity index (χ1v) is 5.29. The molecule has 6 nitrogen and oxygen atoms in total. The van der Waals surface area contributed by atoms with Crippen LogP contribution in [-0.4, -0.2) is 34.6 Å². The predicted molar refractivity (Wildman–Crippen MR) is 61.4 cm³/mol. The molecule has 0 aromatic carbocycles. The molecule has 1 atom stereocenters. The number of carboxylic acid groups (broad SMARTS) is 1. The van der Waals surface area contributed by atoms with E-state index < -0.39 is 12.0 Å². The smallest absolute Gasteiger partial charge is 0.320 e. The first-order chi connectivity index (χ1) is 8.11. The number of amides is 1. The molecule has 6 heteroatoms. The van der Waals surface area contributed by atoms with E-state index in [-0.39, 0.29) is 5.91 Å². The molecule has 0 radical (unpaired) electrons.